The van der Waals surface area contributed by atoms with Gasteiger partial charge in [0.1, 0.15) is 10.8 Å². The van der Waals surface area contributed by atoms with Crippen LogP contribution in [0.4, 0.5) is 0 Å². The molecular formula is C16H19ClN2OS. The summed E-state index contributed by atoms with van der Waals surface area (Å²) in [7, 11) is 0. The van der Waals surface area contributed by atoms with Crippen LogP contribution in [-0.4, -0.2) is 16.6 Å². The van der Waals surface area contributed by atoms with E-state index < -0.39 is 0 Å². The average Bonchev–Trinajstić information content (AvgIpc) is 2.92. The SMILES string of the molecule is CCCNC1CCCc2sc(-c3ccc(O)c(Cl)c3)nc21. The zero-order valence-electron chi connectivity index (χ0n) is 12.0. The minimum Gasteiger partial charge on any atom is -0.506 e. The van der Waals surface area contributed by atoms with E-state index in [9.17, 15) is 5.11 Å². The van der Waals surface area contributed by atoms with Crippen LogP contribution in [0.2, 0.25) is 5.02 Å². The van der Waals surface area contributed by atoms with Crippen LogP contribution >= 0.6 is 22.9 Å². The van der Waals surface area contributed by atoms with Crippen LogP contribution in [-0.2, 0) is 6.42 Å². The summed E-state index contributed by atoms with van der Waals surface area (Å²) in [5.41, 5.74) is 2.19. The zero-order chi connectivity index (χ0) is 14.8. The molecule has 0 spiro atoms. The molecule has 1 atom stereocenters. The first-order valence-corrected chi connectivity index (χ1v) is 8.60. The first-order valence-electron chi connectivity index (χ1n) is 7.41. The highest BCUT2D eigenvalue weighted by atomic mass is 35.5. The molecule has 112 valence electrons. The maximum Gasteiger partial charge on any atom is 0.134 e. The highest BCUT2D eigenvalue weighted by molar-refractivity contribution is 7.15. The van der Waals surface area contributed by atoms with Crippen molar-refractivity contribution >= 4 is 22.9 Å². The number of hydrogen-bond donors (Lipinski definition) is 2. The normalized spacial score (nSPS) is 17.7. The Hall–Kier alpha value is -1.10. The molecule has 5 heteroatoms. The quantitative estimate of drug-likeness (QED) is 0.868. The fourth-order valence-corrected chi connectivity index (χ4v) is 4.04. The number of aryl methyl sites for hydroxylation is 1. The van der Waals surface area contributed by atoms with E-state index in [-0.39, 0.29) is 5.75 Å². The Kier molecular flexibility index (Phi) is 4.48. The van der Waals surface area contributed by atoms with Crippen molar-refractivity contribution in [2.24, 2.45) is 0 Å². The predicted molar refractivity (Wildman–Crippen MR) is 88.2 cm³/mol. The number of phenols is 1. The lowest BCUT2D eigenvalue weighted by atomic mass is 9.97. The minimum atomic E-state index is 0.115. The summed E-state index contributed by atoms with van der Waals surface area (Å²) in [5, 5.41) is 14.5. The van der Waals surface area contributed by atoms with Crippen LogP contribution in [0.15, 0.2) is 18.2 Å². The van der Waals surface area contributed by atoms with Crippen molar-refractivity contribution < 1.29 is 5.11 Å². The molecule has 21 heavy (non-hydrogen) atoms. The smallest absolute Gasteiger partial charge is 0.134 e. The van der Waals surface area contributed by atoms with Gasteiger partial charge in [-0.1, -0.05) is 18.5 Å². The molecular weight excluding hydrogens is 304 g/mol. The fraction of sp³-hybridized carbons (Fsp3) is 0.438. The van der Waals surface area contributed by atoms with Gasteiger partial charge in [0, 0.05) is 10.4 Å². The topological polar surface area (TPSA) is 45.1 Å². The van der Waals surface area contributed by atoms with Crippen LogP contribution in [0.25, 0.3) is 10.6 Å². The maximum absolute atomic E-state index is 9.53. The van der Waals surface area contributed by atoms with Crippen molar-refractivity contribution in [1.82, 2.24) is 10.3 Å². The number of aromatic nitrogens is 1. The molecule has 0 aliphatic heterocycles. The predicted octanol–water partition coefficient (Wildman–Crippen LogP) is 4.55. The molecule has 0 saturated carbocycles. The van der Waals surface area contributed by atoms with Gasteiger partial charge in [0.2, 0.25) is 0 Å². The molecule has 0 bridgehead atoms. The van der Waals surface area contributed by atoms with Gasteiger partial charge in [-0.3, -0.25) is 0 Å². The Morgan fingerprint density at radius 3 is 3.10 bits per heavy atom. The molecule has 1 aromatic carbocycles. The Balaban J connectivity index is 1.91. The van der Waals surface area contributed by atoms with Crippen molar-refractivity contribution in [3.05, 3.63) is 33.8 Å². The summed E-state index contributed by atoms with van der Waals surface area (Å²) in [6, 6.07) is 5.67. The fourth-order valence-electron chi connectivity index (χ4n) is 2.70. The molecule has 2 N–H and O–H groups in total. The number of thiazole rings is 1. The molecule has 0 saturated heterocycles. The van der Waals surface area contributed by atoms with Crippen LogP contribution < -0.4 is 5.32 Å². The van der Waals surface area contributed by atoms with Gasteiger partial charge in [0.05, 0.1) is 16.8 Å². The van der Waals surface area contributed by atoms with Crippen molar-refractivity contribution in [3.63, 3.8) is 0 Å². The molecule has 1 aliphatic carbocycles. The summed E-state index contributed by atoms with van der Waals surface area (Å²) >= 11 is 7.75. The van der Waals surface area contributed by atoms with Gasteiger partial charge in [-0.05, 0) is 50.4 Å². The third-order valence-corrected chi connectivity index (χ3v) is 5.27. The molecule has 1 heterocycles. The minimum absolute atomic E-state index is 0.115. The monoisotopic (exact) mass is 322 g/mol. The van der Waals surface area contributed by atoms with E-state index >= 15 is 0 Å². The number of hydrogen-bond acceptors (Lipinski definition) is 4. The Morgan fingerprint density at radius 2 is 2.33 bits per heavy atom. The highest BCUT2D eigenvalue weighted by Gasteiger charge is 2.24. The number of phenolic OH excluding ortho intramolecular Hbond substituents is 1. The summed E-state index contributed by atoms with van der Waals surface area (Å²) in [4.78, 5) is 6.23. The molecule has 0 fully saturated rings. The first-order chi connectivity index (χ1) is 10.2. The number of rotatable bonds is 4. The highest BCUT2D eigenvalue weighted by Crippen LogP contribution is 2.38. The van der Waals surface area contributed by atoms with Gasteiger partial charge < -0.3 is 10.4 Å². The summed E-state index contributed by atoms with van der Waals surface area (Å²) in [6.07, 6.45) is 4.62. The largest absolute Gasteiger partial charge is 0.506 e. The molecule has 2 aromatic rings. The lowest BCUT2D eigenvalue weighted by molar-refractivity contribution is 0.454. The summed E-state index contributed by atoms with van der Waals surface area (Å²) in [5.74, 6) is 0.115. The van der Waals surface area contributed by atoms with E-state index in [4.69, 9.17) is 16.6 Å². The number of nitrogens with zero attached hydrogens (tertiary/aromatic N) is 1. The molecule has 1 aliphatic rings. The van der Waals surface area contributed by atoms with Crippen molar-refractivity contribution in [1.29, 1.82) is 0 Å². The van der Waals surface area contributed by atoms with Crippen molar-refractivity contribution in [2.45, 2.75) is 38.6 Å². The number of benzene rings is 1. The Morgan fingerprint density at radius 1 is 1.48 bits per heavy atom. The number of halogens is 1. The first kappa shape index (κ1) is 14.8. The van der Waals surface area contributed by atoms with Gasteiger partial charge >= 0.3 is 0 Å². The van der Waals surface area contributed by atoms with Gasteiger partial charge in [0.15, 0.2) is 0 Å². The summed E-state index contributed by atoms with van der Waals surface area (Å²) < 4.78 is 0. The third kappa shape index (κ3) is 3.07. The van der Waals surface area contributed by atoms with E-state index in [1.54, 1.807) is 23.5 Å². The maximum atomic E-state index is 9.53. The van der Waals surface area contributed by atoms with Crippen LogP contribution in [0.1, 0.15) is 42.8 Å². The second-order valence-corrected chi connectivity index (χ2v) is 6.88. The third-order valence-electron chi connectivity index (χ3n) is 3.79. The van der Waals surface area contributed by atoms with E-state index in [1.807, 2.05) is 6.07 Å². The van der Waals surface area contributed by atoms with Gasteiger partial charge in [-0.25, -0.2) is 4.98 Å². The van der Waals surface area contributed by atoms with Gasteiger partial charge in [-0.15, -0.1) is 11.3 Å². The second-order valence-electron chi connectivity index (χ2n) is 5.39. The molecule has 3 rings (SSSR count). The molecule has 1 aromatic heterocycles. The number of nitrogens with one attached hydrogen (secondary N) is 1. The van der Waals surface area contributed by atoms with E-state index in [2.05, 4.69) is 12.2 Å². The zero-order valence-corrected chi connectivity index (χ0v) is 13.6. The van der Waals surface area contributed by atoms with Crippen molar-refractivity contribution in [2.75, 3.05) is 6.54 Å². The summed E-state index contributed by atoms with van der Waals surface area (Å²) in [6.45, 7) is 3.21. The molecule has 1 unspecified atom stereocenters. The lowest BCUT2D eigenvalue weighted by Crippen LogP contribution is -2.25. The standard InChI is InChI=1S/C16H19ClN2OS/c1-2-8-18-12-4-3-5-14-15(12)19-16(21-14)10-6-7-13(20)11(17)9-10/h6-7,9,12,18,20H,2-5,8H2,1H3. The van der Waals surface area contributed by atoms with Gasteiger partial charge in [0.25, 0.3) is 0 Å². The Bertz CT molecular complexity index is 641. The second kappa shape index (κ2) is 6.34. The average molecular weight is 323 g/mol. The van der Waals surface area contributed by atoms with Crippen LogP contribution in [0, 0.1) is 0 Å². The van der Waals surface area contributed by atoms with E-state index in [1.165, 1.54) is 17.0 Å². The van der Waals surface area contributed by atoms with Gasteiger partial charge in [-0.2, -0.15) is 0 Å². The lowest BCUT2D eigenvalue weighted by Gasteiger charge is -2.22. The Labute approximate surface area is 134 Å². The van der Waals surface area contributed by atoms with Crippen molar-refractivity contribution in [3.8, 4) is 16.3 Å². The van der Waals surface area contributed by atoms with Crippen LogP contribution in [0.3, 0.4) is 0 Å². The number of aromatic hydroxyl groups is 1. The van der Waals surface area contributed by atoms with Crippen LogP contribution in [0.5, 0.6) is 5.75 Å². The molecule has 3 nitrogen and oxygen atoms in total. The molecule has 0 amide bonds. The van der Waals surface area contributed by atoms with E-state index in [0.717, 1.165) is 36.4 Å². The molecule has 0 radical (unpaired) electrons. The van der Waals surface area contributed by atoms with E-state index in [0.29, 0.717) is 11.1 Å². The number of fused-ring (bicyclic) bond motifs is 1.